The fourth-order valence-electron chi connectivity index (χ4n) is 3.76. The Bertz CT molecular complexity index is 1120. The van der Waals surface area contributed by atoms with E-state index in [0.29, 0.717) is 0 Å². The number of nitrogens with one attached hydrogen (secondary N) is 2. The van der Waals surface area contributed by atoms with Gasteiger partial charge in [0.1, 0.15) is 11.6 Å². The summed E-state index contributed by atoms with van der Waals surface area (Å²) in [5, 5.41) is 4.60. The Hall–Kier alpha value is -3.45. The van der Waals surface area contributed by atoms with E-state index in [0.717, 1.165) is 73.2 Å². The number of benzene rings is 1. The standard InChI is InChI=1S/C23H24N6O/c1-4-19(18-7-10-25-20(18)5-1)23-27-21(26-9-6-17-3-2-8-24-16-17)15-22(28-23)29-11-13-30-14-12-29/h1-5,7-8,10,15-16,25H,6,9,11-14H2,(H,26,27,28). The van der Waals surface area contributed by atoms with Crippen molar-refractivity contribution < 1.29 is 4.74 Å². The number of anilines is 2. The Labute approximate surface area is 175 Å². The molecule has 2 N–H and O–H groups in total. The van der Waals surface area contributed by atoms with Gasteiger partial charge in [-0.1, -0.05) is 18.2 Å². The monoisotopic (exact) mass is 400 g/mol. The van der Waals surface area contributed by atoms with Crippen molar-refractivity contribution in [1.82, 2.24) is 19.9 Å². The predicted octanol–water partition coefficient (Wildman–Crippen LogP) is 3.51. The zero-order valence-corrected chi connectivity index (χ0v) is 16.7. The number of H-pyrrole nitrogens is 1. The molecule has 4 heterocycles. The van der Waals surface area contributed by atoms with Crippen molar-refractivity contribution in [2.24, 2.45) is 0 Å². The SMILES string of the molecule is c1cncc(CCNc2cc(N3CCOCC3)nc(-c3cccc4[nH]ccc34)n2)c1. The molecule has 152 valence electrons. The molecular weight excluding hydrogens is 376 g/mol. The molecule has 1 aromatic carbocycles. The zero-order chi connectivity index (χ0) is 20.2. The summed E-state index contributed by atoms with van der Waals surface area (Å²) in [5.41, 5.74) is 3.31. The van der Waals surface area contributed by atoms with Gasteiger partial charge in [0.15, 0.2) is 5.82 Å². The number of pyridine rings is 1. The van der Waals surface area contributed by atoms with Crippen molar-refractivity contribution in [2.45, 2.75) is 6.42 Å². The minimum absolute atomic E-state index is 0.719. The van der Waals surface area contributed by atoms with E-state index in [2.05, 4.69) is 44.5 Å². The molecule has 3 aromatic heterocycles. The highest BCUT2D eigenvalue weighted by Gasteiger charge is 2.17. The molecule has 0 radical (unpaired) electrons. The predicted molar refractivity (Wildman–Crippen MR) is 119 cm³/mol. The Balaban J connectivity index is 1.46. The highest BCUT2D eigenvalue weighted by atomic mass is 16.5. The van der Waals surface area contributed by atoms with Crippen LogP contribution in [0.5, 0.6) is 0 Å². The van der Waals surface area contributed by atoms with Crippen LogP contribution in [0, 0.1) is 0 Å². The number of aromatic nitrogens is 4. The van der Waals surface area contributed by atoms with Gasteiger partial charge < -0.3 is 19.9 Å². The topological polar surface area (TPSA) is 79.0 Å². The van der Waals surface area contributed by atoms with E-state index in [1.54, 1.807) is 6.20 Å². The highest BCUT2D eigenvalue weighted by molar-refractivity contribution is 5.93. The second-order valence-corrected chi connectivity index (χ2v) is 7.32. The highest BCUT2D eigenvalue weighted by Crippen LogP contribution is 2.29. The van der Waals surface area contributed by atoms with Crippen molar-refractivity contribution in [3.05, 3.63) is 66.6 Å². The van der Waals surface area contributed by atoms with E-state index >= 15 is 0 Å². The number of ether oxygens (including phenoxy) is 1. The van der Waals surface area contributed by atoms with Gasteiger partial charge in [0, 0.05) is 60.8 Å². The molecule has 0 aliphatic carbocycles. The lowest BCUT2D eigenvalue weighted by Gasteiger charge is -2.28. The smallest absolute Gasteiger partial charge is 0.164 e. The van der Waals surface area contributed by atoms with E-state index in [1.807, 2.05) is 30.6 Å². The lowest BCUT2D eigenvalue weighted by molar-refractivity contribution is 0.122. The van der Waals surface area contributed by atoms with Crippen LogP contribution in [0.2, 0.25) is 0 Å². The first-order chi connectivity index (χ1) is 14.9. The van der Waals surface area contributed by atoms with E-state index in [9.17, 15) is 0 Å². The van der Waals surface area contributed by atoms with E-state index in [-0.39, 0.29) is 0 Å². The third-order valence-electron chi connectivity index (χ3n) is 5.33. The summed E-state index contributed by atoms with van der Waals surface area (Å²) in [4.78, 5) is 19.5. The van der Waals surface area contributed by atoms with Crippen molar-refractivity contribution in [1.29, 1.82) is 0 Å². The molecule has 1 saturated heterocycles. The fraction of sp³-hybridized carbons (Fsp3) is 0.261. The third-order valence-corrected chi connectivity index (χ3v) is 5.33. The molecule has 7 heteroatoms. The van der Waals surface area contributed by atoms with E-state index < -0.39 is 0 Å². The summed E-state index contributed by atoms with van der Waals surface area (Å²) in [6.07, 6.45) is 6.53. The summed E-state index contributed by atoms with van der Waals surface area (Å²) in [6, 6.07) is 14.3. The zero-order valence-electron chi connectivity index (χ0n) is 16.7. The third kappa shape index (κ3) is 3.97. The maximum Gasteiger partial charge on any atom is 0.164 e. The van der Waals surface area contributed by atoms with Crippen LogP contribution in [0.1, 0.15) is 5.56 Å². The van der Waals surface area contributed by atoms with Crippen LogP contribution in [0.4, 0.5) is 11.6 Å². The number of aromatic amines is 1. The molecule has 0 bridgehead atoms. The molecular formula is C23H24N6O. The van der Waals surface area contributed by atoms with Crippen molar-refractivity contribution >= 4 is 22.5 Å². The van der Waals surface area contributed by atoms with Crippen LogP contribution < -0.4 is 10.2 Å². The van der Waals surface area contributed by atoms with Gasteiger partial charge in [-0.3, -0.25) is 4.98 Å². The number of nitrogens with zero attached hydrogens (tertiary/aromatic N) is 4. The van der Waals surface area contributed by atoms with Crippen LogP contribution in [0.3, 0.4) is 0 Å². The Morgan fingerprint density at radius 3 is 2.87 bits per heavy atom. The van der Waals surface area contributed by atoms with Crippen molar-refractivity contribution in [2.75, 3.05) is 43.1 Å². The minimum atomic E-state index is 0.719. The van der Waals surface area contributed by atoms with Crippen molar-refractivity contribution in [3.63, 3.8) is 0 Å². The van der Waals surface area contributed by atoms with Crippen LogP contribution in [0.15, 0.2) is 61.1 Å². The second-order valence-electron chi connectivity index (χ2n) is 7.32. The average molecular weight is 400 g/mol. The van der Waals surface area contributed by atoms with Gasteiger partial charge in [-0.2, -0.15) is 0 Å². The summed E-state index contributed by atoms with van der Waals surface area (Å²) in [7, 11) is 0. The lowest BCUT2D eigenvalue weighted by atomic mass is 10.1. The molecule has 0 unspecified atom stereocenters. The summed E-state index contributed by atoms with van der Waals surface area (Å²) >= 11 is 0. The molecule has 30 heavy (non-hydrogen) atoms. The first kappa shape index (κ1) is 18.6. The number of rotatable bonds is 6. The van der Waals surface area contributed by atoms with Crippen molar-refractivity contribution in [3.8, 4) is 11.4 Å². The molecule has 0 atom stereocenters. The van der Waals surface area contributed by atoms with Crippen LogP contribution >= 0.6 is 0 Å². The number of fused-ring (bicyclic) bond motifs is 1. The van der Waals surface area contributed by atoms with Gasteiger partial charge in [0.2, 0.25) is 0 Å². The van der Waals surface area contributed by atoms with Gasteiger partial charge in [0.25, 0.3) is 0 Å². The van der Waals surface area contributed by atoms with Gasteiger partial charge in [-0.15, -0.1) is 0 Å². The largest absolute Gasteiger partial charge is 0.378 e. The molecule has 4 aromatic rings. The first-order valence-corrected chi connectivity index (χ1v) is 10.3. The molecule has 1 fully saturated rings. The number of hydrogen-bond acceptors (Lipinski definition) is 6. The normalized spacial score (nSPS) is 14.2. The Kier molecular flexibility index (Phi) is 5.26. The van der Waals surface area contributed by atoms with Gasteiger partial charge >= 0.3 is 0 Å². The Morgan fingerprint density at radius 2 is 2.00 bits per heavy atom. The van der Waals surface area contributed by atoms with Crippen LogP contribution in [-0.2, 0) is 11.2 Å². The maximum absolute atomic E-state index is 5.52. The molecule has 0 amide bonds. The van der Waals surface area contributed by atoms with E-state index in [1.165, 1.54) is 5.56 Å². The van der Waals surface area contributed by atoms with Gasteiger partial charge in [0.05, 0.1) is 13.2 Å². The lowest BCUT2D eigenvalue weighted by Crippen LogP contribution is -2.36. The van der Waals surface area contributed by atoms with Crippen LogP contribution in [0.25, 0.3) is 22.3 Å². The first-order valence-electron chi connectivity index (χ1n) is 10.3. The molecule has 1 aliphatic rings. The minimum Gasteiger partial charge on any atom is -0.378 e. The quantitative estimate of drug-likeness (QED) is 0.516. The average Bonchev–Trinajstić information content (AvgIpc) is 3.29. The molecule has 1 aliphatic heterocycles. The van der Waals surface area contributed by atoms with Gasteiger partial charge in [-0.25, -0.2) is 9.97 Å². The molecule has 7 nitrogen and oxygen atoms in total. The maximum atomic E-state index is 5.52. The fourth-order valence-corrected chi connectivity index (χ4v) is 3.76. The molecule has 0 spiro atoms. The molecule has 5 rings (SSSR count). The summed E-state index contributed by atoms with van der Waals surface area (Å²) in [6.45, 7) is 3.88. The Morgan fingerprint density at radius 1 is 1.07 bits per heavy atom. The summed E-state index contributed by atoms with van der Waals surface area (Å²) in [5.74, 6) is 2.49. The number of hydrogen-bond donors (Lipinski definition) is 2. The summed E-state index contributed by atoms with van der Waals surface area (Å²) < 4.78 is 5.52. The molecule has 0 saturated carbocycles. The van der Waals surface area contributed by atoms with Crippen LogP contribution in [-0.4, -0.2) is 52.8 Å². The second kappa shape index (κ2) is 8.51. The van der Waals surface area contributed by atoms with E-state index in [4.69, 9.17) is 14.7 Å². The number of morpholine rings is 1. The van der Waals surface area contributed by atoms with Gasteiger partial charge in [-0.05, 0) is 30.2 Å².